The first-order valence-electron chi connectivity index (χ1n) is 6.76. The Hall–Kier alpha value is -2.39. The predicted octanol–water partition coefficient (Wildman–Crippen LogP) is 4.78. The molecule has 2 nitrogen and oxygen atoms in total. The summed E-state index contributed by atoms with van der Waals surface area (Å²) in [5, 5.41) is 2.14. The molecule has 0 atom stereocenters. The van der Waals surface area contributed by atoms with Gasteiger partial charge >= 0.3 is 5.97 Å². The van der Waals surface area contributed by atoms with E-state index in [1.54, 1.807) is 30.3 Å². The molecular weight excluding hydrogens is 303 g/mol. The molecule has 0 aromatic heterocycles. The van der Waals surface area contributed by atoms with Crippen LogP contribution in [0.3, 0.4) is 0 Å². The second kappa shape index (κ2) is 6.16. The first kappa shape index (κ1) is 14.5. The van der Waals surface area contributed by atoms with Gasteiger partial charge in [-0.1, -0.05) is 54.1 Å². The summed E-state index contributed by atoms with van der Waals surface area (Å²) >= 11 is 6.13. The van der Waals surface area contributed by atoms with Crippen molar-refractivity contribution in [1.82, 2.24) is 0 Å². The highest BCUT2D eigenvalue weighted by Crippen LogP contribution is 2.31. The molecule has 0 heterocycles. The van der Waals surface area contributed by atoms with Crippen LogP contribution < -0.4 is 4.74 Å². The third kappa shape index (κ3) is 2.95. The predicted molar refractivity (Wildman–Crippen MR) is 84.7 cm³/mol. The van der Waals surface area contributed by atoms with E-state index in [1.807, 2.05) is 24.3 Å². The third-order valence-corrected chi connectivity index (χ3v) is 3.68. The smallest absolute Gasteiger partial charge is 0.315 e. The van der Waals surface area contributed by atoms with Gasteiger partial charge in [-0.2, -0.15) is 0 Å². The van der Waals surface area contributed by atoms with Crippen molar-refractivity contribution in [1.29, 1.82) is 0 Å². The fourth-order valence-electron chi connectivity index (χ4n) is 2.28. The summed E-state index contributed by atoms with van der Waals surface area (Å²) in [5.41, 5.74) is 0.311. The Kier molecular flexibility index (Phi) is 4.07. The van der Waals surface area contributed by atoms with Crippen LogP contribution in [0.15, 0.2) is 60.7 Å². The number of fused-ring (bicyclic) bond motifs is 1. The Labute approximate surface area is 132 Å². The normalized spacial score (nSPS) is 10.6. The van der Waals surface area contributed by atoms with Crippen molar-refractivity contribution < 1.29 is 13.9 Å². The van der Waals surface area contributed by atoms with Crippen LogP contribution in [0.25, 0.3) is 10.8 Å². The molecule has 0 N–H and O–H groups in total. The van der Waals surface area contributed by atoms with Gasteiger partial charge in [0.2, 0.25) is 0 Å². The van der Waals surface area contributed by atoms with Crippen LogP contribution in [0.2, 0.25) is 5.02 Å². The number of halogens is 2. The molecule has 0 aliphatic rings. The Morgan fingerprint density at radius 3 is 2.41 bits per heavy atom. The molecule has 0 aliphatic heterocycles. The van der Waals surface area contributed by atoms with E-state index in [0.29, 0.717) is 16.3 Å². The molecule has 3 aromatic rings. The molecule has 0 fully saturated rings. The summed E-state index contributed by atoms with van der Waals surface area (Å²) in [6.45, 7) is 0. The van der Waals surface area contributed by atoms with Crippen LogP contribution in [0.5, 0.6) is 5.75 Å². The SMILES string of the molecule is O=C(Cc1ccccc1F)Oc1ccc(Cl)c2ccccc12. The maximum Gasteiger partial charge on any atom is 0.315 e. The molecule has 0 amide bonds. The van der Waals surface area contributed by atoms with Gasteiger partial charge in [0.15, 0.2) is 0 Å². The number of hydrogen-bond donors (Lipinski definition) is 0. The quantitative estimate of drug-likeness (QED) is 0.513. The lowest BCUT2D eigenvalue weighted by atomic mass is 10.1. The molecule has 4 heteroatoms. The minimum Gasteiger partial charge on any atom is -0.426 e. The Morgan fingerprint density at radius 1 is 0.955 bits per heavy atom. The second-order valence-corrected chi connectivity index (χ2v) is 5.24. The number of carbonyl (C=O) groups excluding carboxylic acids is 1. The molecule has 3 rings (SSSR count). The summed E-state index contributed by atoms with van der Waals surface area (Å²) < 4.78 is 18.9. The second-order valence-electron chi connectivity index (χ2n) is 4.83. The lowest BCUT2D eigenvalue weighted by Gasteiger charge is -2.09. The largest absolute Gasteiger partial charge is 0.426 e. The molecule has 0 aliphatic carbocycles. The lowest BCUT2D eigenvalue weighted by Crippen LogP contribution is -2.12. The number of esters is 1. The molecule has 0 spiro atoms. The average Bonchev–Trinajstić information content (AvgIpc) is 2.53. The number of benzene rings is 3. The third-order valence-electron chi connectivity index (χ3n) is 3.35. The van der Waals surface area contributed by atoms with E-state index >= 15 is 0 Å². The molecule has 0 saturated heterocycles. The summed E-state index contributed by atoms with van der Waals surface area (Å²) in [4.78, 5) is 12.0. The Balaban J connectivity index is 1.86. The fraction of sp³-hybridized carbons (Fsp3) is 0.0556. The minimum atomic E-state index is -0.516. The zero-order valence-corrected chi connectivity index (χ0v) is 12.3. The van der Waals surface area contributed by atoms with Crippen molar-refractivity contribution in [3.63, 3.8) is 0 Å². The highest BCUT2D eigenvalue weighted by Gasteiger charge is 2.12. The monoisotopic (exact) mass is 314 g/mol. The summed E-state index contributed by atoms with van der Waals surface area (Å²) in [6.07, 6.45) is -0.121. The fourth-order valence-corrected chi connectivity index (χ4v) is 2.51. The highest BCUT2D eigenvalue weighted by molar-refractivity contribution is 6.35. The minimum absolute atomic E-state index is 0.121. The Bertz CT molecular complexity index is 845. The number of hydrogen-bond acceptors (Lipinski definition) is 2. The first-order valence-corrected chi connectivity index (χ1v) is 7.14. The van der Waals surface area contributed by atoms with Gasteiger partial charge in [-0.25, -0.2) is 4.39 Å². The number of ether oxygens (including phenoxy) is 1. The van der Waals surface area contributed by atoms with Crippen LogP contribution >= 0.6 is 11.6 Å². The van der Waals surface area contributed by atoms with Gasteiger partial charge in [-0.05, 0) is 23.8 Å². The van der Waals surface area contributed by atoms with Crippen LogP contribution in [-0.2, 0) is 11.2 Å². The zero-order chi connectivity index (χ0) is 15.5. The van der Waals surface area contributed by atoms with E-state index in [4.69, 9.17) is 16.3 Å². The van der Waals surface area contributed by atoms with E-state index in [-0.39, 0.29) is 6.42 Å². The summed E-state index contributed by atoms with van der Waals surface area (Å²) in [5.74, 6) is -0.515. The van der Waals surface area contributed by atoms with Crippen molar-refractivity contribution in [3.05, 3.63) is 77.1 Å². The van der Waals surface area contributed by atoms with Crippen molar-refractivity contribution in [3.8, 4) is 5.75 Å². The standard InChI is InChI=1S/C18H12ClFO2/c19-15-9-10-17(14-7-3-2-6-13(14)15)22-18(21)11-12-5-1-4-8-16(12)20/h1-10H,11H2. The van der Waals surface area contributed by atoms with Crippen molar-refractivity contribution in [2.75, 3.05) is 0 Å². The van der Waals surface area contributed by atoms with Crippen molar-refractivity contribution in [2.24, 2.45) is 0 Å². The van der Waals surface area contributed by atoms with Gasteiger partial charge in [-0.15, -0.1) is 0 Å². The molecule has 22 heavy (non-hydrogen) atoms. The topological polar surface area (TPSA) is 26.3 Å². The van der Waals surface area contributed by atoms with E-state index in [1.165, 1.54) is 6.07 Å². The van der Waals surface area contributed by atoms with Gasteiger partial charge < -0.3 is 4.74 Å². The van der Waals surface area contributed by atoms with Crippen LogP contribution in [0.4, 0.5) is 4.39 Å². The number of carbonyl (C=O) groups is 1. The molecular formula is C18H12ClFO2. The molecule has 3 aromatic carbocycles. The van der Waals surface area contributed by atoms with Crippen LogP contribution in [-0.4, -0.2) is 5.97 Å². The van der Waals surface area contributed by atoms with Crippen molar-refractivity contribution in [2.45, 2.75) is 6.42 Å². The van der Waals surface area contributed by atoms with Gasteiger partial charge in [0.25, 0.3) is 0 Å². The average molecular weight is 315 g/mol. The highest BCUT2D eigenvalue weighted by atomic mass is 35.5. The van der Waals surface area contributed by atoms with E-state index in [0.717, 1.165) is 10.8 Å². The maximum absolute atomic E-state index is 13.6. The van der Waals surface area contributed by atoms with Gasteiger partial charge in [0, 0.05) is 15.8 Å². The molecule has 0 bridgehead atoms. The summed E-state index contributed by atoms with van der Waals surface area (Å²) in [6, 6.07) is 16.8. The van der Waals surface area contributed by atoms with Crippen LogP contribution in [0, 0.1) is 5.82 Å². The zero-order valence-electron chi connectivity index (χ0n) is 11.6. The maximum atomic E-state index is 13.6. The van der Waals surface area contributed by atoms with Gasteiger partial charge in [-0.3, -0.25) is 4.79 Å². The van der Waals surface area contributed by atoms with Crippen LogP contribution in [0.1, 0.15) is 5.56 Å². The summed E-state index contributed by atoms with van der Waals surface area (Å²) in [7, 11) is 0. The molecule has 0 saturated carbocycles. The number of rotatable bonds is 3. The molecule has 0 radical (unpaired) electrons. The van der Waals surface area contributed by atoms with E-state index < -0.39 is 11.8 Å². The van der Waals surface area contributed by atoms with E-state index in [9.17, 15) is 9.18 Å². The van der Waals surface area contributed by atoms with Gasteiger partial charge in [0.1, 0.15) is 11.6 Å². The Morgan fingerprint density at radius 2 is 1.64 bits per heavy atom. The van der Waals surface area contributed by atoms with E-state index in [2.05, 4.69) is 0 Å². The van der Waals surface area contributed by atoms with Crippen molar-refractivity contribution >= 4 is 28.3 Å². The molecule has 110 valence electrons. The first-order chi connectivity index (χ1) is 10.6. The lowest BCUT2D eigenvalue weighted by molar-refractivity contribution is -0.133. The molecule has 0 unspecified atom stereocenters. The van der Waals surface area contributed by atoms with Gasteiger partial charge in [0.05, 0.1) is 6.42 Å².